The first kappa shape index (κ1) is 26.1. The quantitative estimate of drug-likeness (QED) is 0.471. The topological polar surface area (TPSA) is 102 Å². The van der Waals surface area contributed by atoms with Gasteiger partial charge in [-0.1, -0.05) is 54.1 Å². The van der Waals surface area contributed by atoms with E-state index >= 15 is 0 Å². The zero-order chi connectivity index (χ0) is 27.4. The molecule has 202 valence electrons. The number of nitrogens with zero attached hydrogens (tertiary/aromatic N) is 4. The molecule has 0 radical (unpaired) electrons. The number of ether oxygens (including phenoxy) is 2. The highest BCUT2D eigenvalue weighted by Gasteiger charge is 2.77. The lowest BCUT2D eigenvalue weighted by atomic mass is 9.70. The average molecular weight is 547 g/mol. The molecule has 5 atom stereocenters. The van der Waals surface area contributed by atoms with Crippen molar-refractivity contribution in [2.45, 2.75) is 23.2 Å². The van der Waals surface area contributed by atoms with Crippen LogP contribution in [0.5, 0.6) is 11.6 Å². The summed E-state index contributed by atoms with van der Waals surface area (Å²) in [5.41, 5.74) is -1.01. The number of piperazine rings is 1. The predicted molar refractivity (Wildman–Crippen MR) is 146 cm³/mol. The number of halogens is 1. The molecule has 2 N–H and O–H groups in total. The number of likely N-dealkylation sites (N-methyl/N-ethyl adjacent to an activating group) is 1. The number of benzene rings is 2. The maximum Gasteiger partial charge on any atom is 0.224 e. The van der Waals surface area contributed by atoms with Gasteiger partial charge in [-0.15, -0.1) is 0 Å². The lowest BCUT2D eigenvalue weighted by Gasteiger charge is -2.41. The third-order valence-electron chi connectivity index (χ3n) is 8.70. The van der Waals surface area contributed by atoms with E-state index in [1.54, 1.807) is 30.3 Å². The van der Waals surface area contributed by atoms with E-state index in [0.717, 1.165) is 31.7 Å². The summed E-state index contributed by atoms with van der Waals surface area (Å²) in [4.78, 5) is 8.97. The first-order chi connectivity index (χ1) is 18.8. The highest BCUT2D eigenvalue weighted by Crippen LogP contribution is 2.69. The van der Waals surface area contributed by atoms with Crippen LogP contribution in [-0.2, 0) is 11.2 Å². The molecule has 0 spiro atoms. The van der Waals surface area contributed by atoms with Crippen molar-refractivity contribution in [1.82, 2.24) is 14.8 Å². The van der Waals surface area contributed by atoms with Gasteiger partial charge in [-0.3, -0.25) is 0 Å². The summed E-state index contributed by atoms with van der Waals surface area (Å²) in [5.74, 6) is -0.425. The molecule has 1 saturated carbocycles. The van der Waals surface area contributed by atoms with Crippen LogP contribution in [0.25, 0.3) is 0 Å². The van der Waals surface area contributed by atoms with E-state index in [9.17, 15) is 15.5 Å². The van der Waals surface area contributed by atoms with Crippen molar-refractivity contribution in [3.63, 3.8) is 0 Å². The SMILES string of the molecule is COc1nc(Cl)cc2c1[C@]1(O)C(O)[C@H](CN3CCN(C)CC3)[C@@H](c3ccccc3)[C@]1(c1ccc(C#N)cc1)O2. The molecule has 1 saturated heterocycles. The Balaban J connectivity index is 1.60. The first-order valence-electron chi connectivity index (χ1n) is 13.1. The van der Waals surface area contributed by atoms with Crippen LogP contribution in [-0.4, -0.2) is 78.0 Å². The van der Waals surface area contributed by atoms with Gasteiger partial charge in [0.05, 0.1) is 30.4 Å². The molecular formula is C30H31ClN4O4. The molecule has 8 nitrogen and oxygen atoms in total. The van der Waals surface area contributed by atoms with Gasteiger partial charge in [-0.25, -0.2) is 4.98 Å². The summed E-state index contributed by atoms with van der Waals surface area (Å²) < 4.78 is 12.5. The highest BCUT2D eigenvalue weighted by atomic mass is 35.5. The average Bonchev–Trinajstić information content (AvgIpc) is 3.32. The van der Waals surface area contributed by atoms with Crippen LogP contribution >= 0.6 is 11.6 Å². The minimum atomic E-state index is -1.92. The number of aliphatic hydroxyl groups is 2. The fourth-order valence-electron chi connectivity index (χ4n) is 6.88. The summed E-state index contributed by atoms with van der Waals surface area (Å²) >= 11 is 6.34. The van der Waals surface area contributed by atoms with E-state index in [2.05, 4.69) is 27.9 Å². The van der Waals surface area contributed by atoms with Crippen molar-refractivity contribution in [2.75, 3.05) is 46.9 Å². The molecule has 3 heterocycles. The van der Waals surface area contributed by atoms with Crippen molar-refractivity contribution in [1.29, 1.82) is 5.26 Å². The maximum absolute atomic E-state index is 12.9. The lowest BCUT2D eigenvalue weighted by Crippen LogP contribution is -2.52. The fourth-order valence-corrected chi connectivity index (χ4v) is 7.05. The molecule has 2 aliphatic heterocycles. The van der Waals surface area contributed by atoms with Crippen LogP contribution in [0.1, 0.15) is 28.2 Å². The van der Waals surface area contributed by atoms with E-state index < -0.39 is 29.1 Å². The Kier molecular flexibility index (Phi) is 6.53. The zero-order valence-electron chi connectivity index (χ0n) is 21.9. The number of pyridine rings is 1. The molecule has 1 aromatic heterocycles. The number of hydrogen-bond donors (Lipinski definition) is 2. The van der Waals surface area contributed by atoms with Crippen molar-refractivity contribution >= 4 is 11.6 Å². The van der Waals surface area contributed by atoms with Crippen molar-refractivity contribution in [3.05, 3.63) is 88.1 Å². The number of hydrogen-bond acceptors (Lipinski definition) is 8. The number of aliphatic hydroxyl groups excluding tert-OH is 1. The summed E-state index contributed by atoms with van der Waals surface area (Å²) in [6.45, 7) is 4.15. The minimum absolute atomic E-state index is 0.113. The number of nitriles is 1. The number of aromatic nitrogens is 1. The molecule has 0 bridgehead atoms. The summed E-state index contributed by atoms with van der Waals surface area (Å²) in [6.07, 6.45) is -1.23. The molecule has 1 unspecified atom stereocenters. The van der Waals surface area contributed by atoms with Crippen LogP contribution in [0.4, 0.5) is 0 Å². The van der Waals surface area contributed by atoms with Gasteiger partial charge in [0.1, 0.15) is 10.9 Å². The number of methoxy groups -OCH3 is 1. The van der Waals surface area contributed by atoms with Crippen LogP contribution in [0.15, 0.2) is 60.7 Å². The van der Waals surface area contributed by atoms with E-state index in [1.807, 2.05) is 30.3 Å². The molecular weight excluding hydrogens is 516 g/mol. The van der Waals surface area contributed by atoms with Gasteiger partial charge in [0.2, 0.25) is 5.88 Å². The molecule has 2 fully saturated rings. The summed E-state index contributed by atoms with van der Waals surface area (Å²) in [7, 11) is 3.57. The minimum Gasteiger partial charge on any atom is -0.481 e. The maximum atomic E-state index is 12.9. The Morgan fingerprint density at radius 3 is 2.46 bits per heavy atom. The van der Waals surface area contributed by atoms with Gasteiger partial charge in [0, 0.05) is 50.6 Å². The Hall–Kier alpha value is -3.19. The molecule has 0 amide bonds. The van der Waals surface area contributed by atoms with Crippen molar-refractivity contribution in [2.24, 2.45) is 5.92 Å². The standard InChI is InChI=1S/C30H31ClN4O4/c1-34-12-14-35(15-13-34)18-22-25(20-6-4-3-5-7-20)30(21-10-8-19(17-32)9-11-21)29(37,27(22)36)26-23(39-30)16-24(31)33-28(26)38-2/h3-11,16,22,25,27,36-37H,12-15,18H2,1-2H3/t22-,25-,27?,29+,30+/m1/s1. The van der Waals surface area contributed by atoms with Gasteiger partial charge >= 0.3 is 0 Å². The van der Waals surface area contributed by atoms with E-state index in [0.29, 0.717) is 23.4 Å². The van der Waals surface area contributed by atoms with Crippen molar-refractivity contribution < 1.29 is 19.7 Å². The van der Waals surface area contributed by atoms with Gasteiger partial charge in [0.15, 0.2) is 11.2 Å². The second-order valence-electron chi connectivity index (χ2n) is 10.7. The Morgan fingerprint density at radius 1 is 1.13 bits per heavy atom. The Labute approximate surface area is 233 Å². The van der Waals surface area contributed by atoms with Crippen LogP contribution in [0.3, 0.4) is 0 Å². The smallest absolute Gasteiger partial charge is 0.224 e. The first-order valence-corrected chi connectivity index (χ1v) is 13.5. The Bertz CT molecular complexity index is 1410. The van der Waals surface area contributed by atoms with Crippen LogP contribution < -0.4 is 9.47 Å². The monoisotopic (exact) mass is 546 g/mol. The Morgan fingerprint density at radius 2 is 1.82 bits per heavy atom. The molecule has 9 heteroatoms. The summed E-state index contributed by atoms with van der Waals surface area (Å²) in [6, 6.07) is 20.6. The summed E-state index contributed by atoms with van der Waals surface area (Å²) in [5, 5.41) is 34.8. The predicted octanol–water partition coefficient (Wildman–Crippen LogP) is 3.11. The van der Waals surface area contributed by atoms with Gasteiger partial charge in [0.25, 0.3) is 0 Å². The highest BCUT2D eigenvalue weighted by molar-refractivity contribution is 6.29. The largest absolute Gasteiger partial charge is 0.481 e. The fraction of sp³-hybridized carbons (Fsp3) is 0.400. The van der Waals surface area contributed by atoms with Gasteiger partial charge < -0.3 is 29.5 Å². The van der Waals surface area contributed by atoms with Crippen LogP contribution in [0.2, 0.25) is 5.15 Å². The van der Waals surface area contributed by atoms with Gasteiger partial charge in [-0.2, -0.15) is 5.26 Å². The number of fused-ring (bicyclic) bond motifs is 3. The van der Waals surface area contributed by atoms with Gasteiger partial charge in [-0.05, 0) is 30.3 Å². The molecule has 3 aromatic rings. The van der Waals surface area contributed by atoms with E-state index in [-0.39, 0.29) is 16.6 Å². The van der Waals surface area contributed by atoms with E-state index in [1.165, 1.54) is 7.11 Å². The number of rotatable bonds is 5. The molecule has 6 rings (SSSR count). The third-order valence-corrected chi connectivity index (χ3v) is 8.89. The molecule has 2 aromatic carbocycles. The second kappa shape index (κ2) is 9.77. The molecule has 1 aliphatic carbocycles. The zero-order valence-corrected chi connectivity index (χ0v) is 22.7. The molecule has 3 aliphatic rings. The van der Waals surface area contributed by atoms with Crippen molar-refractivity contribution in [3.8, 4) is 17.7 Å². The normalized spacial score (nSPS) is 30.3. The molecule has 39 heavy (non-hydrogen) atoms. The van der Waals surface area contributed by atoms with E-state index in [4.69, 9.17) is 21.1 Å². The third kappa shape index (κ3) is 3.84. The second-order valence-corrected chi connectivity index (χ2v) is 11.1. The lowest BCUT2D eigenvalue weighted by molar-refractivity contribution is -0.152. The van der Waals surface area contributed by atoms with Crippen LogP contribution in [0, 0.1) is 17.2 Å².